The van der Waals surface area contributed by atoms with Gasteiger partial charge in [0.1, 0.15) is 12.4 Å². The van der Waals surface area contributed by atoms with Crippen molar-refractivity contribution in [3.05, 3.63) is 90.0 Å². The maximum atomic E-state index is 12.9. The van der Waals surface area contributed by atoms with Crippen molar-refractivity contribution < 1.29 is 13.2 Å². The normalized spacial score (nSPS) is 13.5. The summed E-state index contributed by atoms with van der Waals surface area (Å²) >= 11 is 0. The average Bonchev–Trinajstić information content (AvgIpc) is 3.12. The summed E-state index contributed by atoms with van der Waals surface area (Å²) in [5.74, 6) is 0.756. The second-order valence-electron chi connectivity index (χ2n) is 6.21. The highest BCUT2D eigenvalue weighted by atomic mass is 32.2. The molecule has 0 radical (unpaired) electrons. The number of hydrogen-bond acceptors (Lipinski definition) is 3. The molecule has 0 unspecified atom stereocenters. The molecule has 0 saturated carbocycles. The molecule has 4 rings (SSSR count). The summed E-state index contributed by atoms with van der Waals surface area (Å²) in [4.78, 5) is 0.317. The molecular weight excluding hydrogens is 346 g/mol. The minimum atomic E-state index is -3.53. The summed E-state index contributed by atoms with van der Waals surface area (Å²) in [5, 5.41) is 0. The van der Waals surface area contributed by atoms with Crippen LogP contribution in [0.2, 0.25) is 0 Å². The van der Waals surface area contributed by atoms with Gasteiger partial charge in [0.05, 0.1) is 10.6 Å². The molecule has 0 bridgehead atoms. The molecule has 26 heavy (non-hydrogen) atoms. The fraction of sp³-hybridized carbons (Fsp3) is 0.143. The molecule has 3 aromatic carbocycles. The van der Waals surface area contributed by atoms with Crippen molar-refractivity contribution in [2.45, 2.75) is 17.9 Å². The first-order valence-electron chi connectivity index (χ1n) is 8.52. The highest BCUT2D eigenvalue weighted by Gasteiger charge is 2.30. The van der Waals surface area contributed by atoms with Crippen LogP contribution >= 0.6 is 0 Å². The Kier molecular flexibility index (Phi) is 4.39. The molecule has 4 nitrogen and oxygen atoms in total. The molecule has 0 spiro atoms. The topological polar surface area (TPSA) is 46.6 Å². The van der Waals surface area contributed by atoms with Gasteiger partial charge in [0.2, 0.25) is 0 Å². The van der Waals surface area contributed by atoms with Crippen molar-refractivity contribution in [3.63, 3.8) is 0 Å². The lowest BCUT2D eigenvalue weighted by Gasteiger charge is -2.19. The van der Waals surface area contributed by atoms with E-state index in [-0.39, 0.29) is 0 Å². The van der Waals surface area contributed by atoms with E-state index in [2.05, 4.69) is 0 Å². The number of benzene rings is 3. The lowest BCUT2D eigenvalue weighted by molar-refractivity contribution is 0.306. The van der Waals surface area contributed by atoms with Crippen molar-refractivity contribution in [1.29, 1.82) is 0 Å². The molecule has 5 heteroatoms. The van der Waals surface area contributed by atoms with Gasteiger partial charge in [-0.15, -0.1) is 0 Å². The molecule has 1 aliphatic rings. The predicted octanol–water partition coefficient (Wildman–Crippen LogP) is 4.02. The van der Waals surface area contributed by atoms with Crippen LogP contribution in [0.5, 0.6) is 5.75 Å². The van der Waals surface area contributed by atoms with Crippen LogP contribution in [-0.2, 0) is 23.1 Å². The molecule has 1 heterocycles. The third-order valence-electron chi connectivity index (χ3n) is 4.48. The number of fused-ring (bicyclic) bond motifs is 1. The van der Waals surface area contributed by atoms with Crippen LogP contribution in [0, 0.1) is 0 Å². The predicted molar refractivity (Wildman–Crippen MR) is 102 cm³/mol. The fourth-order valence-electron chi connectivity index (χ4n) is 3.15. The summed E-state index contributed by atoms with van der Waals surface area (Å²) in [6, 6.07) is 24.1. The standard InChI is InChI=1S/C21H19NO3S/c23-26(24,20-9-5-2-6-10-20)22-14-13-18-15-19(11-12-21(18)22)25-16-17-7-3-1-4-8-17/h1-12,15H,13-14,16H2. The van der Waals surface area contributed by atoms with Gasteiger partial charge in [0.25, 0.3) is 10.0 Å². The summed E-state index contributed by atoms with van der Waals surface area (Å²) in [5.41, 5.74) is 2.83. The highest BCUT2D eigenvalue weighted by molar-refractivity contribution is 7.92. The molecule has 132 valence electrons. The lowest BCUT2D eigenvalue weighted by atomic mass is 10.1. The van der Waals surface area contributed by atoms with E-state index in [0.29, 0.717) is 24.5 Å². The Labute approximate surface area is 153 Å². The third kappa shape index (κ3) is 3.18. The van der Waals surface area contributed by atoms with Gasteiger partial charge in [0.15, 0.2) is 0 Å². The van der Waals surface area contributed by atoms with Crippen LogP contribution < -0.4 is 9.04 Å². The Morgan fingerprint density at radius 1 is 0.885 bits per heavy atom. The van der Waals surface area contributed by atoms with Crippen LogP contribution in [0.3, 0.4) is 0 Å². The summed E-state index contributed by atoms with van der Waals surface area (Å²) < 4.78 is 33.1. The summed E-state index contributed by atoms with van der Waals surface area (Å²) in [6.07, 6.45) is 0.684. The molecular formula is C21H19NO3S. The van der Waals surface area contributed by atoms with Crippen molar-refractivity contribution in [2.24, 2.45) is 0 Å². The van der Waals surface area contributed by atoms with Gasteiger partial charge < -0.3 is 4.74 Å². The molecule has 0 fully saturated rings. The Hall–Kier alpha value is -2.79. The van der Waals surface area contributed by atoms with E-state index in [1.54, 1.807) is 24.3 Å². The van der Waals surface area contributed by atoms with Gasteiger partial charge in [-0.3, -0.25) is 4.31 Å². The maximum absolute atomic E-state index is 12.9. The smallest absolute Gasteiger partial charge is 0.264 e. The van der Waals surface area contributed by atoms with E-state index in [1.165, 1.54) is 4.31 Å². The molecule has 0 aliphatic carbocycles. The average molecular weight is 365 g/mol. The Bertz CT molecular complexity index is 1000. The first kappa shape index (κ1) is 16.7. The van der Waals surface area contributed by atoms with E-state index in [9.17, 15) is 8.42 Å². The Morgan fingerprint density at radius 3 is 2.31 bits per heavy atom. The first-order chi connectivity index (χ1) is 12.6. The van der Waals surface area contributed by atoms with Gasteiger partial charge >= 0.3 is 0 Å². The number of anilines is 1. The third-order valence-corrected chi connectivity index (χ3v) is 6.31. The van der Waals surface area contributed by atoms with Gasteiger partial charge in [-0.05, 0) is 47.9 Å². The number of nitrogens with zero attached hydrogens (tertiary/aromatic N) is 1. The van der Waals surface area contributed by atoms with Crippen LogP contribution in [0.1, 0.15) is 11.1 Å². The molecule has 0 atom stereocenters. The van der Waals surface area contributed by atoms with Crippen LogP contribution in [0.4, 0.5) is 5.69 Å². The van der Waals surface area contributed by atoms with Crippen molar-refractivity contribution in [2.75, 3.05) is 10.8 Å². The molecule has 0 amide bonds. The van der Waals surface area contributed by atoms with Gasteiger partial charge in [-0.25, -0.2) is 8.42 Å². The van der Waals surface area contributed by atoms with E-state index in [0.717, 1.165) is 22.6 Å². The van der Waals surface area contributed by atoms with Crippen LogP contribution in [-0.4, -0.2) is 15.0 Å². The zero-order chi connectivity index (χ0) is 18.0. The number of sulfonamides is 1. The fourth-order valence-corrected chi connectivity index (χ4v) is 4.67. The minimum Gasteiger partial charge on any atom is -0.489 e. The molecule has 0 aromatic heterocycles. The van der Waals surface area contributed by atoms with E-state index in [4.69, 9.17) is 4.74 Å². The second kappa shape index (κ2) is 6.84. The maximum Gasteiger partial charge on any atom is 0.264 e. The van der Waals surface area contributed by atoms with Crippen LogP contribution in [0.25, 0.3) is 0 Å². The molecule has 0 saturated heterocycles. The SMILES string of the molecule is O=S(=O)(c1ccccc1)N1CCc2cc(OCc3ccccc3)ccc21. The molecule has 3 aromatic rings. The largest absolute Gasteiger partial charge is 0.489 e. The van der Waals surface area contributed by atoms with E-state index >= 15 is 0 Å². The monoisotopic (exact) mass is 365 g/mol. The Balaban J connectivity index is 1.55. The zero-order valence-electron chi connectivity index (χ0n) is 14.2. The zero-order valence-corrected chi connectivity index (χ0v) is 15.0. The lowest BCUT2D eigenvalue weighted by Crippen LogP contribution is -2.29. The van der Waals surface area contributed by atoms with Gasteiger partial charge in [-0.1, -0.05) is 48.5 Å². The van der Waals surface area contributed by atoms with Crippen molar-refractivity contribution in [1.82, 2.24) is 0 Å². The molecule has 1 aliphatic heterocycles. The Morgan fingerprint density at radius 2 is 1.58 bits per heavy atom. The van der Waals surface area contributed by atoms with Crippen molar-refractivity contribution in [3.8, 4) is 5.75 Å². The van der Waals surface area contributed by atoms with E-state index in [1.807, 2.05) is 54.6 Å². The van der Waals surface area contributed by atoms with Gasteiger partial charge in [-0.2, -0.15) is 0 Å². The summed E-state index contributed by atoms with van der Waals surface area (Å²) in [6.45, 7) is 0.945. The second-order valence-corrected chi connectivity index (χ2v) is 8.07. The van der Waals surface area contributed by atoms with Crippen LogP contribution in [0.15, 0.2) is 83.8 Å². The number of hydrogen-bond donors (Lipinski definition) is 0. The minimum absolute atomic E-state index is 0.317. The van der Waals surface area contributed by atoms with E-state index < -0.39 is 10.0 Å². The number of rotatable bonds is 5. The van der Waals surface area contributed by atoms with Gasteiger partial charge in [0, 0.05) is 6.54 Å². The van der Waals surface area contributed by atoms with Crippen molar-refractivity contribution >= 4 is 15.7 Å². The summed E-state index contributed by atoms with van der Waals surface area (Å²) in [7, 11) is -3.53. The molecule has 0 N–H and O–H groups in total. The number of ether oxygens (including phenoxy) is 1. The quantitative estimate of drug-likeness (QED) is 0.686. The highest BCUT2D eigenvalue weighted by Crippen LogP contribution is 2.35. The first-order valence-corrected chi connectivity index (χ1v) is 9.96.